The molecule has 0 bridgehead atoms. The van der Waals surface area contributed by atoms with Crippen molar-refractivity contribution < 1.29 is 0 Å². The molecule has 0 aliphatic rings. The maximum Gasteiger partial charge on any atom is 0.296 e. The lowest BCUT2D eigenvalue weighted by atomic mass is 10.5. The highest BCUT2D eigenvalue weighted by atomic mass is 32.2. The van der Waals surface area contributed by atoms with Crippen molar-refractivity contribution in [2.24, 2.45) is 0 Å². The van der Waals surface area contributed by atoms with Crippen LogP contribution in [0.15, 0.2) is 9.13 Å². The van der Waals surface area contributed by atoms with Crippen LogP contribution in [0.5, 0.6) is 0 Å². The van der Waals surface area contributed by atoms with Gasteiger partial charge in [0.05, 0.1) is 0 Å². The molecule has 0 N–H and O–H groups in total. The fourth-order valence-corrected chi connectivity index (χ4v) is 2.73. The second-order valence-electron chi connectivity index (χ2n) is 2.59. The van der Waals surface area contributed by atoms with Crippen LogP contribution in [0.25, 0.3) is 4.96 Å². The Balaban J connectivity index is 2.65. The third kappa shape index (κ3) is 1.53. The molecule has 0 aliphatic carbocycles. The van der Waals surface area contributed by atoms with Gasteiger partial charge in [0.15, 0.2) is 4.34 Å². The monoisotopic (exact) mass is 228 g/mol. The van der Waals surface area contributed by atoms with Crippen LogP contribution in [0.1, 0.15) is 12.6 Å². The largest absolute Gasteiger partial charge is 0.296 e. The average molecular weight is 228 g/mol. The van der Waals surface area contributed by atoms with Crippen LogP contribution >= 0.6 is 23.1 Å². The first-order valence-corrected chi connectivity index (χ1v) is 5.88. The van der Waals surface area contributed by atoms with Crippen molar-refractivity contribution in [2.45, 2.75) is 18.2 Å². The van der Waals surface area contributed by atoms with Gasteiger partial charge in [0.25, 0.3) is 5.56 Å². The molecular formula is C7H8N4OS2. The summed E-state index contributed by atoms with van der Waals surface area (Å²) >= 11 is 2.98. The summed E-state index contributed by atoms with van der Waals surface area (Å²) in [5, 5.41) is 11.8. The smallest absolute Gasteiger partial charge is 0.265 e. The van der Waals surface area contributed by atoms with E-state index in [1.54, 1.807) is 18.7 Å². The molecule has 0 atom stereocenters. The average Bonchev–Trinajstić information content (AvgIpc) is 2.56. The molecule has 0 saturated heterocycles. The van der Waals surface area contributed by atoms with Crippen LogP contribution in [-0.4, -0.2) is 25.6 Å². The van der Waals surface area contributed by atoms with Crippen molar-refractivity contribution in [3.05, 3.63) is 16.0 Å². The summed E-state index contributed by atoms with van der Waals surface area (Å²) in [4.78, 5) is 12.1. The van der Waals surface area contributed by atoms with Crippen molar-refractivity contribution in [1.29, 1.82) is 0 Å². The highest BCUT2D eigenvalue weighted by Gasteiger charge is 2.08. The Hall–Kier alpha value is -0.950. The number of aromatic nitrogens is 4. The number of fused-ring (bicyclic) bond motifs is 1. The first-order chi connectivity index (χ1) is 6.72. The SMILES string of the molecule is CCSc1nn2c(=O)c(C)nnc2s1. The van der Waals surface area contributed by atoms with E-state index in [0.29, 0.717) is 10.7 Å². The molecule has 2 aromatic heterocycles. The summed E-state index contributed by atoms with van der Waals surface area (Å²) in [5.41, 5.74) is 0.190. The molecule has 0 aliphatic heterocycles. The molecule has 0 unspecified atom stereocenters. The van der Waals surface area contributed by atoms with Gasteiger partial charge in [0.2, 0.25) is 4.96 Å². The Kier molecular flexibility index (Phi) is 2.51. The summed E-state index contributed by atoms with van der Waals surface area (Å²) in [5.74, 6) is 0.932. The zero-order valence-electron chi connectivity index (χ0n) is 7.72. The number of rotatable bonds is 2. The first-order valence-electron chi connectivity index (χ1n) is 4.08. The van der Waals surface area contributed by atoms with Crippen LogP contribution in [0.2, 0.25) is 0 Å². The Morgan fingerprint density at radius 1 is 1.50 bits per heavy atom. The van der Waals surface area contributed by atoms with Gasteiger partial charge in [-0.05, 0) is 12.7 Å². The van der Waals surface area contributed by atoms with E-state index in [2.05, 4.69) is 15.3 Å². The summed E-state index contributed by atoms with van der Waals surface area (Å²) in [6.45, 7) is 3.67. The van der Waals surface area contributed by atoms with Gasteiger partial charge in [-0.1, -0.05) is 30.0 Å². The minimum atomic E-state index is -0.186. The lowest BCUT2D eigenvalue weighted by Crippen LogP contribution is -2.19. The second kappa shape index (κ2) is 3.66. The number of hydrogen-bond donors (Lipinski definition) is 0. The Morgan fingerprint density at radius 3 is 3.00 bits per heavy atom. The predicted octanol–water partition coefficient (Wildman–Crippen LogP) is 0.966. The molecule has 0 saturated carbocycles. The maximum absolute atomic E-state index is 11.5. The highest BCUT2D eigenvalue weighted by Crippen LogP contribution is 2.21. The standard InChI is InChI=1S/C7H8N4OS2/c1-3-13-7-10-11-5(12)4(2)8-9-6(11)14-7/h3H2,1-2H3. The molecule has 2 aromatic rings. The zero-order valence-corrected chi connectivity index (χ0v) is 9.35. The molecular weight excluding hydrogens is 220 g/mol. The number of thioether (sulfide) groups is 1. The van der Waals surface area contributed by atoms with Gasteiger partial charge >= 0.3 is 0 Å². The van der Waals surface area contributed by atoms with Crippen molar-refractivity contribution >= 4 is 28.1 Å². The van der Waals surface area contributed by atoms with E-state index in [9.17, 15) is 4.79 Å². The molecule has 2 rings (SSSR count). The van der Waals surface area contributed by atoms with Gasteiger partial charge in [0, 0.05) is 0 Å². The van der Waals surface area contributed by atoms with E-state index in [1.807, 2.05) is 6.92 Å². The van der Waals surface area contributed by atoms with Crippen LogP contribution in [0.4, 0.5) is 0 Å². The number of aryl methyl sites for hydroxylation is 1. The Bertz CT molecular complexity index is 518. The Morgan fingerprint density at radius 2 is 2.29 bits per heavy atom. The number of hydrogen-bond acceptors (Lipinski definition) is 6. The minimum absolute atomic E-state index is 0.186. The third-order valence-electron chi connectivity index (χ3n) is 1.60. The van der Waals surface area contributed by atoms with E-state index in [4.69, 9.17) is 0 Å². The van der Waals surface area contributed by atoms with Crippen LogP contribution in [-0.2, 0) is 0 Å². The van der Waals surface area contributed by atoms with Gasteiger partial charge in [-0.2, -0.15) is 4.52 Å². The van der Waals surface area contributed by atoms with Gasteiger partial charge in [-0.15, -0.1) is 15.3 Å². The van der Waals surface area contributed by atoms with E-state index in [0.717, 1.165) is 10.1 Å². The van der Waals surface area contributed by atoms with Crippen molar-refractivity contribution in [1.82, 2.24) is 19.8 Å². The van der Waals surface area contributed by atoms with Crippen LogP contribution in [0, 0.1) is 6.92 Å². The molecule has 14 heavy (non-hydrogen) atoms. The Labute approximate surface area is 88.2 Å². The highest BCUT2D eigenvalue weighted by molar-refractivity contribution is 8.01. The molecule has 0 spiro atoms. The van der Waals surface area contributed by atoms with Crippen molar-refractivity contribution in [3.63, 3.8) is 0 Å². The van der Waals surface area contributed by atoms with Crippen molar-refractivity contribution in [3.8, 4) is 0 Å². The normalized spacial score (nSPS) is 11.0. The summed E-state index contributed by atoms with van der Waals surface area (Å²) in [6, 6.07) is 0. The molecule has 0 amide bonds. The summed E-state index contributed by atoms with van der Waals surface area (Å²) in [7, 11) is 0. The van der Waals surface area contributed by atoms with Gasteiger partial charge in [0.1, 0.15) is 5.69 Å². The topological polar surface area (TPSA) is 60.2 Å². The van der Waals surface area contributed by atoms with Crippen LogP contribution < -0.4 is 5.56 Å². The molecule has 5 nitrogen and oxygen atoms in total. The van der Waals surface area contributed by atoms with Gasteiger partial charge in [-0.25, -0.2) is 0 Å². The lowest BCUT2D eigenvalue weighted by molar-refractivity contribution is 0.803. The van der Waals surface area contributed by atoms with E-state index in [1.165, 1.54) is 15.9 Å². The third-order valence-corrected chi connectivity index (χ3v) is 3.51. The zero-order chi connectivity index (χ0) is 10.1. The van der Waals surface area contributed by atoms with Gasteiger partial charge in [-0.3, -0.25) is 4.79 Å². The van der Waals surface area contributed by atoms with Crippen LogP contribution in [0.3, 0.4) is 0 Å². The van der Waals surface area contributed by atoms with Gasteiger partial charge < -0.3 is 0 Å². The van der Waals surface area contributed by atoms with E-state index >= 15 is 0 Å². The van der Waals surface area contributed by atoms with Crippen molar-refractivity contribution in [2.75, 3.05) is 5.75 Å². The predicted molar refractivity (Wildman–Crippen MR) is 56.1 cm³/mol. The summed E-state index contributed by atoms with van der Waals surface area (Å²) in [6.07, 6.45) is 0. The fourth-order valence-electron chi connectivity index (χ4n) is 0.957. The first kappa shape index (κ1) is 9.60. The molecule has 7 heteroatoms. The van der Waals surface area contributed by atoms with E-state index < -0.39 is 0 Å². The second-order valence-corrected chi connectivity index (χ2v) is 5.05. The molecule has 0 aromatic carbocycles. The molecule has 0 radical (unpaired) electrons. The fraction of sp³-hybridized carbons (Fsp3) is 0.429. The summed E-state index contributed by atoms with van der Waals surface area (Å²) < 4.78 is 2.16. The number of nitrogens with zero attached hydrogens (tertiary/aromatic N) is 4. The minimum Gasteiger partial charge on any atom is -0.265 e. The quantitative estimate of drug-likeness (QED) is 0.717. The maximum atomic E-state index is 11.5. The molecule has 0 fully saturated rings. The lowest BCUT2D eigenvalue weighted by Gasteiger charge is -1.88. The molecule has 74 valence electrons. The molecule has 2 heterocycles. The van der Waals surface area contributed by atoms with E-state index in [-0.39, 0.29) is 5.56 Å².